The zero-order valence-electron chi connectivity index (χ0n) is 9.42. The highest BCUT2D eigenvalue weighted by atomic mass is 19.1. The fourth-order valence-corrected chi connectivity index (χ4v) is 1.49. The summed E-state index contributed by atoms with van der Waals surface area (Å²) in [5.41, 5.74) is 0.525. The average Bonchev–Trinajstić information content (AvgIpc) is 2.25. The maximum absolute atomic E-state index is 13.3. The third-order valence-corrected chi connectivity index (χ3v) is 2.48. The van der Waals surface area contributed by atoms with Crippen LogP contribution in [0.5, 0.6) is 0 Å². The number of hydrogen-bond donors (Lipinski definition) is 1. The Morgan fingerprint density at radius 1 is 1.25 bits per heavy atom. The maximum Gasteiger partial charge on any atom is 0.129 e. The van der Waals surface area contributed by atoms with Gasteiger partial charge in [-0.25, -0.2) is 8.78 Å². The smallest absolute Gasteiger partial charge is 0.129 e. The van der Waals surface area contributed by atoms with E-state index in [9.17, 15) is 8.78 Å². The lowest BCUT2D eigenvalue weighted by Crippen LogP contribution is -2.23. The summed E-state index contributed by atoms with van der Waals surface area (Å²) in [5.74, 6) is -1.04. The van der Waals surface area contributed by atoms with Crippen LogP contribution in [0.1, 0.15) is 12.0 Å². The van der Waals surface area contributed by atoms with E-state index in [4.69, 9.17) is 5.11 Å². The highest BCUT2D eigenvalue weighted by Crippen LogP contribution is 2.10. The SMILES string of the molecule is CN(CCCO)CCc1ccc(F)cc1F. The Bertz CT molecular complexity index is 331. The number of rotatable bonds is 6. The van der Waals surface area contributed by atoms with Crippen molar-refractivity contribution in [3.63, 3.8) is 0 Å². The van der Waals surface area contributed by atoms with Gasteiger partial charge < -0.3 is 10.0 Å². The van der Waals surface area contributed by atoms with E-state index in [1.165, 1.54) is 12.1 Å². The van der Waals surface area contributed by atoms with Gasteiger partial charge in [-0.05, 0) is 31.5 Å². The molecule has 0 radical (unpaired) electrons. The normalized spacial score (nSPS) is 11.1. The van der Waals surface area contributed by atoms with E-state index in [0.29, 0.717) is 24.9 Å². The van der Waals surface area contributed by atoms with Crippen LogP contribution in [0.2, 0.25) is 0 Å². The Hall–Kier alpha value is -1.00. The van der Waals surface area contributed by atoms with Crippen LogP contribution in [0.25, 0.3) is 0 Å². The number of halogens is 2. The monoisotopic (exact) mass is 229 g/mol. The molecular formula is C12H17F2NO. The van der Waals surface area contributed by atoms with Crippen molar-refractivity contribution in [3.8, 4) is 0 Å². The number of nitrogens with zero attached hydrogens (tertiary/aromatic N) is 1. The molecule has 1 rings (SSSR count). The third-order valence-electron chi connectivity index (χ3n) is 2.48. The first-order chi connectivity index (χ1) is 7.63. The fourth-order valence-electron chi connectivity index (χ4n) is 1.49. The first-order valence-electron chi connectivity index (χ1n) is 5.37. The summed E-state index contributed by atoms with van der Waals surface area (Å²) in [6.45, 7) is 1.64. The molecule has 0 saturated heterocycles. The summed E-state index contributed by atoms with van der Waals surface area (Å²) in [5, 5.41) is 8.65. The number of aliphatic hydroxyl groups excluding tert-OH is 1. The first kappa shape index (κ1) is 13.1. The Morgan fingerprint density at radius 2 is 2.00 bits per heavy atom. The van der Waals surface area contributed by atoms with Crippen LogP contribution in [0, 0.1) is 11.6 Å². The Labute approximate surface area is 94.5 Å². The molecule has 0 spiro atoms. The molecule has 0 amide bonds. The number of hydrogen-bond acceptors (Lipinski definition) is 2. The van der Waals surface area contributed by atoms with E-state index >= 15 is 0 Å². The predicted octanol–water partition coefficient (Wildman–Crippen LogP) is 1.82. The molecule has 2 nitrogen and oxygen atoms in total. The molecule has 0 fully saturated rings. The fraction of sp³-hybridized carbons (Fsp3) is 0.500. The molecule has 16 heavy (non-hydrogen) atoms. The van der Waals surface area contributed by atoms with Gasteiger partial charge in [0.05, 0.1) is 0 Å². The van der Waals surface area contributed by atoms with Crippen LogP contribution in [0.3, 0.4) is 0 Å². The van der Waals surface area contributed by atoms with Crippen LogP contribution in [-0.2, 0) is 6.42 Å². The minimum atomic E-state index is -0.546. The van der Waals surface area contributed by atoms with Gasteiger partial charge in [-0.1, -0.05) is 6.07 Å². The van der Waals surface area contributed by atoms with Crippen molar-refractivity contribution >= 4 is 0 Å². The van der Waals surface area contributed by atoms with Crippen molar-refractivity contribution in [2.24, 2.45) is 0 Å². The van der Waals surface area contributed by atoms with Crippen molar-refractivity contribution < 1.29 is 13.9 Å². The van der Waals surface area contributed by atoms with Gasteiger partial charge >= 0.3 is 0 Å². The predicted molar refractivity (Wildman–Crippen MR) is 59.3 cm³/mol. The topological polar surface area (TPSA) is 23.5 Å². The highest BCUT2D eigenvalue weighted by molar-refractivity contribution is 5.18. The van der Waals surface area contributed by atoms with Crippen molar-refractivity contribution in [1.29, 1.82) is 0 Å². The van der Waals surface area contributed by atoms with Crippen LogP contribution >= 0.6 is 0 Å². The maximum atomic E-state index is 13.3. The lowest BCUT2D eigenvalue weighted by molar-refractivity contribution is 0.248. The molecule has 0 aliphatic rings. The molecule has 0 saturated carbocycles. The molecule has 0 heterocycles. The van der Waals surface area contributed by atoms with Gasteiger partial charge in [-0.3, -0.25) is 0 Å². The average molecular weight is 229 g/mol. The summed E-state index contributed by atoms with van der Waals surface area (Å²) in [7, 11) is 1.91. The van der Waals surface area contributed by atoms with E-state index < -0.39 is 11.6 Å². The van der Waals surface area contributed by atoms with Gasteiger partial charge in [0.15, 0.2) is 0 Å². The summed E-state index contributed by atoms with van der Waals surface area (Å²) < 4.78 is 25.9. The number of likely N-dealkylation sites (N-methyl/N-ethyl adjacent to an activating group) is 1. The third kappa shape index (κ3) is 4.24. The Morgan fingerprint density at radius 3 is 2.62 bits per heavy atom. The molecule has 0 aliphatic heterocycles. The van der Waals surface area contributed by atoms with Gasteiger partial charge in [-0.15, -0.1) is 0 Å². The van der Waals surface area contributed by atoms with Crippen molar-refractivity contribution in [3.05, 3.63) is 35.4 Å². The molecule has 0 atom stereocenters. The lowest BCUT2D eigenvalue weighted by atomic mass is 10.1. The Kier molecular flexibility index (Phi) is 5.35. The molecule has 4 heteroatoms. The van der Waals surface area contributed by atoms with E-state index in [1.54, 1.807) is 0 Å². The van der Waals surface area contributed by atoms with Gasteiger partial charge in [0.2, 0.25) is 0 Å². The van der Waals surface area contributed by atoms with E-state index in [0.717, 1.165) is 12.6 Å². The van der Waals surface area contributed by atoms with Crippen LogP contribution in [0.15, 0.2) is 18.2 Å². The van der Waals surface area contributed by atoms with Crippen LogP contribution < -0.4 is 0 Å². The number of benzene rings is 1. The molecular weight excluding hydrogens is 212 g/mol. The quantitative estimate of drug-likeness (QED) is 0.804. The van der Waals surface area contributed by atoms with Gasteiger partial charge in [0, 0.05) is 25.8 Å². The van der Waals surface area contributed by atoms with Crippen molar-refractivity contribution in [2.75, 3.05) is 26.7 Å². The standard InChI is InChI=1S/C12H17F2NO/c1-15(6-2-8-16)7-5-10-3-4-11(13)9-12(10)14/h3-4,9,16H,2,5-8H2,1H3. The second-order valence-corrected chi connectivity index (χ2v) is 3.87. The number of aliphatic hydroxyl groups is 1. The van der Waals surface area contributed by atoms with Crippen LogP contribution in [-0.4, -0.2) is 36.8 Å². The summed E-state index contributed by atoms with van der Waals surface area (Å²) in [6.07, 6.45) is 1.26. The zero-order valence-corrected chi connectivity index (χ0v) is 9.42. The lowest BCUT2D eigenvalue weighted by Gasteiger charge is -2.15. The molecule has 1 aromatic rings. The molecule has 0 aromatic heterocycles. The molecule has 0 aliphatic carbocycles. The largest absolute Gasteiger partial charge is 0.396 e. The minimum Gasteiger partial charge on any atom is -0.396 e. The van der Waals surface area contributed by atoms with Crippen LogP contribution in [0.4, 0.5) is 8.78 Å². The van der Waals surface area contributed by atoms with E-state index in [1.807, 2.05) is 11.9 Å². The second-order valence-electron chi connectivity index (χ2n) is 3.87. The zero-order chi connectivity index (χ0) is 12.0. The Balaban J connectivity index is 2.42. The van der Waals surface area contributed by atoms with E-state index in [2.05, 4.69) is 0 Å². The van der Waals surface area contributed by atoms with Crippen molar-refractivity contribution in [1.82, 2.24) is 4.90 Å². The highest BCUT2D eigenvalue weighted by Gasteiger charge is 2.05. The first-order valence-corrected chi connectivity index (χ1v) is 5.37. The second kappa shape index (κ2) is 6.55. The van der Waals surface area contributed by atoms with Gasteiger partial charge in [-0.2, -0.15) is 0 Å². The van der Waals surface area contributed by atoms with Gasteiger partial charge in [0.1, 0.15) is 11.6 Å². The molecule has 1 aromatic carbocycles. The summed E-state index contributed by atoms with van der Waals surface area (Å²) in [6, 6.07) is 3.65. The molecule has 0 unspecified atom stereocenters. The molecule has 90 valence electrons. The summed E-state index contributed by atoms with van der Waals surface area (Å²) in [4.78, 5) is 2.01. The molecule has 0 bridgehead atoms. The minimum absolute atomic E-state index is 0.162. The van der Waals surface area contributed by atoms with E-state index in [-0.39, 0.29) is 6.61 Å². The molecule has 1 N–H and O–H groups in total. The summed E-state index contributed by atoms with van der Waals surface area (Å²) >= 11 is 0. The van der Waals surface area contributed by atoms with Crippen molar-refractivity contribution in [2.45, 2.75) is 12.8 Å². The van der Waals surface area contributed by atoms with Gasteiger partial charge in [0.25, 0.3) is 0 Å².